The normalized spacial score (nSPS) is 11.7. The van der Waals surface area contributed by atoms with Crippen LogP contribution in [0.4, 0.5) is 5.82 Å². The maximum absolute atomic E-state index is 12.7. The predicted molar refractivity (Wildman–Crippen MR) is 110 cm³/mol. The largest absolute Gasteiger partial charge is 0.497 e. The second-order valence-electron chi connectivity index (χ2n) is 6.20. The number of nitrogens with zero attached hydrogens (tertiary/aromatic N) is 3. The van der Waals surface area contributed by atoms with Gasteiger partial charge in [-0.2, -0.15) is 4.31 Å². The monoisotopic (exact) mass is 400 g/mol. The van der Waals surface area contributed by atoms with Crippen molar-refractivity contribution in [1.82, 2.24) is 14.3 Å². The van der Waals surface area contributed by atoms with E-state index in [2.05, 4.69) is 15.3 Å². The summed E-state index contributed by atoms with van der Waals surface area (Å²) in [5.74, 6) is 1.44. The first kappa shape index (κ1) is 20.0. The van der Waals surface area contributed by atoms with Crippen LogP contribution in [0.25, 0.3) is 11.0 Å². The van der Waals surface area contributed by atoms with Gasteiger partial charge in [-0.15, -0.1) is 0 Å². The fourth-order valence-electron chi connectivity index (χ4n) is 2.88. The summed E-state index contributed by atoms with van der Waals surface area (Å²) < 4.78 is 31.9. The lowest BCUT2D eigenvalue weighted by Gasteiger charge is -2.18. The molecule has 0 saturated heterocycles. The number of nitrogens with one attached hydrogen (secondary N) is 1. The number of rotatable bonds is 8. The molecule has 1 aromatic heterocycles. The Labute approximate surface area is 165 Å². The molecule has 0 aliphatic carbocycles. The zero-order chi connectivity index (χ0) is 20.1. The Morgan fingerprint density at radius 2 is 1.75 bits per heavy atom. The van der Waals surface area contributed by atoms with E-state index in [0.29, 0.717) is 36.5 Å². The molecule has 1 N–H and O–H groups in total. The summed E-state index contributed by atoms with van der Waals surface area (Å²) >= 11 is 0. The zero-order valence-electron chi connectivity index (χ0n) is 16.2. The average Bonchev–Trinajstić information content (AvgIpc) is 2.72. The van der Waals surface area contributed by atoms with Crippen molar-refractivity contribution >= 4 is 26.9 Å². The average molecular weight is 401 g/mol. The van der Waals surface area contributed by atoms with Crippen LogP contribution in [-0.2, 0) is 16.6 Å². The van der Waals surface area contributed by atoms with Gasteiger partial charge in [0.1, 0.15) is 11.6 Å². The first-order valence-corrected chi connectivity index (χ1v) is 10.6. The lowest BCUT2D eigenvalue weighted by atomic mass is 10.2. The number of aromatic nitrogens is 2. The van der Waals surface area contributed by atoms with Gasteiger partial charge in [-0.3, -0.25) is 4.98 Å². The Bertz CT molecular complexity index is 1050. The van der Waals surface area contributed by atoms with Crippen molar-refractivity contribution in [3.8, 4) is 5.75 Å². The van der Waals surface area contributed by atoms with Crippen LogP contribution in [0.3, 0.4) is 0 Å². The fourth-order valence-corrected chi connectivity index (χ4v) is 4.36. The topological polar surface area (TPSA) is 84.4 Å². The molecule has 0 aliphatic rings. The minimum atomic E-state index is -3.52. The van der Waals surface area contributed by atoms with E-state index in [0.717, 1.165) is 11.3 Å². The molecule has 0 atom stereocenters. The minimum Gasteiger partial charge on any atom is -0.497 e. The molecule has 7 nitrogen and oxygen atoms in total. The van der Waals surface area contributed by atoms with E-state index in [4.69, 9.17) is 4.74 Å². The second kappa shape index (κ2) is 8.53. The molecule has 2 aromatic carbocycles. The standard InChI is InChI=1S/C20H24N4O3S/c1-4-24(5-2)28(25,26)17-10-11-18-19(12-17)21-14-20(23-18)22-13-15-6-8-16(27-3)9-7-15/h6-12,14H,4-5,13H2,1-3H3,(H,22,23). The molecule has 1 heterocycles. The summed E-state index contributed by atoms with van der Waals surface area (Å²) in [5.41, 5.74) is 2.27. The van der Waals surface area contributed by atoms with Gasteiger partial charge in [-0.25, -0.2) is 13.4 Å². The third kappa shape index (κ3) is 4.23. The van der Waals surface area contributed by atoms with Crippen molar-refractivity contribution in [2.24, 2.45) is 0 Å². The molecular formula is C20H24N4O3S. The Morgan fingerprint density at radius 1 is 1.04 bits per heavy atom. The Kier molecular flexibility index (Phi) is 6.11. The van der Waals surface area contributed by atoms with Gasteiger partial charge < -0.3 is 10.1 Å². The van der Waals surface area contributed by atoms with E-state index in [1.807, 2.05) is 38.1 Å². The molecule has 148 valence electrons. The minimum absolute atomic E-state index is 0.233. The van der Waals surface area contributed by atoms with Gasteiger partial charge in [0.25, 0.3) is 0 Å². The summed E-state index contributed by atoms with van der Waals surface area (Å²) in [6.45, 7) is 5.09. The smallest absolute Gasteiger partial charge is 0.243 e. The summed E-state index contributed by atoms with van der Waals surface area (Å²) in [5, 5.41) is 3.23. The summed E-state index contributed by atoms with van der Waals surface area (Å²) in [6.07, 6.45) is 1.61. The molecule has 28 heavy (non-hydrogen) atoms. The number of hydrogen-bond donors (Lipinski definition) is 1. The maximum atomic E-state index is 12.7. The van der Waals surface area contributed by atoms with Crippen LogP contribution in [0.5, 0.6) is 5.75 Å². The van der Waals surface area contributed by atoms with Gasteiger partial charge in [0.05, 0.1) is 29.2 Å². The van der Waals surface area contributed by atoms with Gasteiger partial charge in [0.2, 0.25) is 10.0 Å². The number of methoxy groups -OCH3 is 1. The van der Waals surface area contributed by atoms with Gasteiger partial charge in [-0.05, 0) is 35.9 Å². The predicted octanol–water partition coefficient (Wildman–Crippen LogP) is 3.28. The molecule has 0 unspecified atom stereocenters. The Hall–Kier alpha value is -2.71. The third-order valence-electron chi connectivity index (χ3n) is 4.49. The molecule has 0 radical (unpaired) electrons. The Balaban J connectivity index is 1.79. The van der Waals surface area contributed by atoms with Crippen LogP contribution in [-0.4, -0.2) is 42.9 Å². The maximum Gasteiger partial charge on any atom is 0.243 e. The van der Waals surface area contributed by atoms with Crippen LogP contribution < -0.4 is 10.1 Å². The van der Waals surface area contributed by atoms with E-state index in [9.17, 15) is 8.42 Å². The summed E-state index contributed by atoms with van der Waals surface area (Å²) in [6, 6.07) is 12.6. The van der Waals surface area contributed by atoms with E-state index < -0.39 is 10.0 Å². The number of ether oxygens (including phenoxy) is 1. The molecule has 8 heteroatoms. The summed E-state index contributed by atoms with van der Waals surface area (Å²) in [7, 11) is -1.88. The molecule has 0 fully saturated rings. The lowest BCUT2D eigenvalue weighted by Crippen LogP contribution is -2.30. The van der Waals surface area contributed by atoms with Crippen LogP contribution in [0.15, 0.2) is 53.6 Å². The number of sulfonamides is 1. The number of hydrogen-bond acceptors (Lipinski definition) is 6. The summed E-state index contributed by atoms with van der Waals surface area (Å²) in [4.78, 5) is 9.14. The number of fused-ring (bicyclic) bond motifs is 1. The molecular weight excluding hydrogens is 376 g/mol. The van der Waals surface area contributed by atoms with Crippen LogP contribution in [0.1, 0.15) is 19.4 Å². The van der Waals surface area contributed by atoms with Crippen molar-refractivity contribution < 1.29 is 13.2 Å². The van der Waals surface area contributed by atoms with E-state index in [1.165, 1.54) is 4.31 Å². The van der Waals surface area contributed by atoms with E-state index >= 15 is 0 Å². The van der Waals surface area contributed by atoms with E-state index in [-0.39, 0.29) is 4.90 Å². The lowest BCUT2D eigenvalue weighted by molar-refractivity contribution is 0.414. The highest BCUT2D eigenvalue weighted by Crippen LogP contribution is 2.21. The van der Waals surface area contributed by atoms with Gasteiger partial charge >= 0.3 is 0 Å². The number of benzene rings is 2. The molecule has 3 aromatic rings. The highest BCUT2D eigenvalue weighted by molar-refractivity contribution is 7.89. The van der Waals surface area contributed by atoms with Gasteiger partial charge in [-0.1, -0.05) is 26.0 Å². The van der Waals surface area contributed by atoms with Gasteiger partial charge in [0, 0.05) is 19.6 Å². The van der Waals surface area contributed by atoms with Crippen molar-refractivity contribution in [2.45, 2.75) is 25.3 Å². The molecule has 0 amide bonds. The SMILES string of the molecule is CCN(CC)S(=O)(=O)c1ccc2nc(NCc3ccc(OC)cc3)cnc2c1. The molecule has 0 aliphatic heterocycles. The van der Waals surface area contributed by atoms with Crippen LogP contribution >= 0.6 is 0 Å². The number of anilines is 1. The zero-order valence-corrected chi connectivity index (χ0v) is 17.0. The molecule has 3 rings (SSSR count). The van der Waals surface area contributed by atoms with Crippen molar-refractivity contribution in [3.05, 3.63) is 54.2 Å². The molecule has 0 bridgehead atoms. The molecule has 0 spiro atoms. The quantitative estimate of drug-likeness (QED) is 0.625. The Morgan fingerprint density at radius 3 is 2.39 bits per heavy atom. The molecule has 0 saturated carbocycles. The fraction of sp³-hybridized carbons (Fsp3) is 0.300. The first-order chi connectivity index (χ1) is 13.5. The first-order valence-electron chi connectivity index (χ1n) is 9.11. The van der Waals surface area contributed by atoms with Crippen molar-refractivity contribution in [3.63, 3.8) is 0 Å². The second-order valence-corrected chi connectivity index (χ2v) is 8.13. The van der Waals surface area contributed by atoms with Crippen molar-refractivity contribution in [2.75, 3.05) is 25.5 Å². The highest BCUT2D eigenvalue weighted by Gasteiger charge is 2.22. The third-order valence-corrected chi connectivity index (χ3v) is 6.54. The van der Waals surface area contributed by atoms with Gasteiger partial charge in [0.15, 0.2) is 0 Å². The van der Waals surface area contributed by atoms with Crippen molar-refractivity contribution in [1.29, 1.82) is 0 Å². The van der Waals surface area contributed by atoms with Crippen LogP contribution in [0, 0.1) is 0 Å². The van der Waals surface area contributed by atoms with E-state index in [1.54, 1.807) is 31.5 Å². The highest BCUT2D eigenvalue weighted by atomic mass is 32.2. The van der Waals surface area contributed by atoms with Crippen LogP contribution in [0.2, 0.25) is 0 Å².